The Morgan fingerprint density at radius 2 is 1.83 bits per heavy atom. The average Bonchev–Trinajstić information content (AvgIpc) is 2.54. The Labute approximate surface area is 139 Å². The molecule has 0 aromatic heterocycles. The first-order chi connectivity index (χ1) is 10.9. The van der Waals surface area contributed by atoms with Crippen molar-refractivity contribution >= 4 is 33.3 Å². The number of nitrogens with zero attached hydrogens (tertiary/aromatic N) is 1. The monoisotopic (exact) mass is 351 g/mol. The van der Waals surface area contributed by atoms with Gasteiger partial charge < -0.3 is 5.11 Å². The number of carboxylic acid groups (broad SMARTS) is 1. The molecular weight excluding hydrogens is 338 g/mol. The van der Waals surface area contributed by atoms with E-state index in [1.807, 2.05) is 0 Å². The summed E-state index contributed by atoms with van der Waals surface area (Å²) in [4.78, 5) is 11.0. The molecule has 0 bridgehead atoms. The van der Waals surface area contributed by atoms with E-state index in [1.165, 1.54) is 28.6 Å². The molecule has 0 saturated heterocycles. The molecule has 0 aliphatic carbocycles. The van der Waals surface area contributed by atoms with Crippen LogP contribution in [-0.4, -0.2) is 26.0 Å². The first-order valence-corrected chi connectivity index (χ1v) is 8.86. The summed E-state index contributed by atoms with van der Waals surface area (Å²) >= 11 is 5.98. The predicted octanol–water partition coefficient (Wildman–Crippen LogP) is 3.18. The third-order valence-corrected chi connectivity index (χ3v) is 5.87. The molecule has 0 amide bonds. The van der Waals surface area contributed by atoms with Crippen LogP contribution in [0.1, 0.15) is 22.3 Å². The maximum atomic E-state index is 12.9. The van der Waals surface area contributed by atoms with Crippen molar-refractivity contribution in [1.29, 1.82) is 0 Å². The summed E-state index contributed by atoms with van der Waals surface area (Å²) < 4.78 is 27.1. The van der Waals surface area contributed by atoms with Gasteiger partial charge in [0.15, 0.2) is 0 Å². The number of sulfonamides is 1. The summed E-state index contributed by atoms with van der Waals surface area (Å²) in [6.07, 6.45) is 1.49. The largest absolute Gasteiger partial charge is 0.478 e. The zero-order chi connectivity index (χ0) is 16.6. The van der Waals surface area contributed by atoms with Crippen LogP contribution in [0.25, 0.3) is 0 Å². The Morgan fingerprint density at radius 1 is 1.13 bits per heavy atom. The Kier molecular flexibility index (Phi) is 4.04. The molecule has 1 heterocycles. The van der Waals surface area contributed by atoms with E-state index in [0.29, 0.717) is 23.7 Å². The topological polar surface area (TPSA) is 74.7 Å². The van der Waals surface area contributed by atoms with Gasteiger partial charge in [-0.05, 0) is 60.9 Å². The van der Waals surface area contributed by atoms with Crippen molar-refractivity contribution < 1.29 is 18.3 Å². The van der Waals surface area contributed by atoms with Crippen molar-refractivity contribution in [3.8, 4) is 0 Å². The van der Waals surface area contributed by atoms with E-state index in [1.54, 1.807) is 18.2 Å². The lowest BCUT2D eigenvalue weighted by Gasteiger charge is -2.30. The van der Waals surface area contributed by atoms with E-state index in [2.05, 4.69) is 0 Å². The highest BCUT2D eigenvalue weighted by Crippen LogP contribution is 2.33. The smallest absolute Gasteiger partial charge is 0.335 e. The van der Waals surface area contributed by atoms with Crippen LogP contribution in [0.15, 0.2) is 47.4 Å². The zero-order valence-electron chi connectivity index (χ0n) is 12.1. The van der Waals surface area contributed by atoms with E-state index >= 15 is 0 Å². The minimum atomic E-state index is -3.73. The number of hydrogen-bond acceptors (Lipinski definition) is 3. The number of aromatic carboxylic acids is 1. The van der Waals surface area contributed by atoms with Gasteiger partial charge in [-0.1, -0.05) is 11.6 Å². The summed E-state index contributed by atoms with van der Waals surface area (Å²) in [5.41, 5.74) is 1.58. The van der Waals surface area contributed by atoms with Crippen molar-refractivity contribution in [1.82, 2.24) is 0 Å². The standard InChI is InChI=1S/C16H14ClNO4S/c17-13-5-8-15-12(10-13)2-1-9-18(15)23(21,22)14-6-3-11(4-7-14)16(19)20/h3-8,10H,1-2,9H2,(H,19,20). The fraction of sp³-hybridized carbons (Fsp3) is 0.188. The minimum absolute atomic E-state index is 0.0507. The Bertz CT molecular complexity index is 862. The molecule has 120 valence electrons. The van der Waals surface area contributed by atoms with E-state index in [9.17, 15) is 13.2 Å². The van der Waals surface area contributed by atoms with Crippen molar-refractivity contribution in [2.45, 2.75) is 17.7 Å². The molecule has 0 unspecified atom stereocenters. The molecule has 1 aliphatic rings. The molecule has 7 heteroatoms. The van der Waals surface area contributed by atoms with E-state index in [4.69, 9.17) is 16.7 Å². The van der Waals surface area contributed by atoms with E-state index < -0.39 is 16.0 Å². The molecule has 5 nitrogen and oxygen atoms in total. The predicted molar refractivity (Wildman–Crippen MR) is 87.7 cm³/mol. The van der Waals surface area contributed by atoms with E-state index in [-0.39, 0.29) is 10.5 Å². The molecule has 2 aromatic carbocycles. The Hall–Kier alpha value is -2.05. The minimum Gasteiger partial charge on any atom is -0.478 e. The van der Waals surface area contributed by atoms with Crippen molar-refractivity contribution in [2.75, 3.05) is 10.8 Å². The molecule has 2 aromatic rings. The number of halogens is 1. The zero-order valence-corrected chi connectivity index (χ0v) is 13.6. The van der Waals surface area contributed by atoms with Crippen LogP contribution in [0.2, 0.25) is 5.02 Å². The molecule has 0 saturated carbocycles. The lowest BCUT2D eigenvalue weighted by Crippen LogP contribution is -2.35. The van der Waals surface area contributed by atoms with Crippen LogP contribution in [0, 0.1) is 0 Å². The van der Waals surface area contributed by atoms with Crippen LogP contribution in [0.4, 0.5) is 5.69 Å². The highest BCUT2D eigenvalue weighted by molar-refractivity contribution is 7.92. The fourth-order valence-electron chi connectivity index (χ4n) is 2.68. The molecule has 3 rings (SSSR count). The van der Waals surface area contributed by atoms with Gasteiger partial charge in [-0.2, -0.15) is 0 Å². The number of hydrogen-bond donors (Lipinski definition) is 1. The van der Waals surface area contributed by atoms with Crippen LogP contribution in [-0.2, 0) is 16.4 Å². The van der Waals surface area contributed by atoms with Crippen LogP contribution in [0.3, 0.4) is 0 Å². The number of fused-ring (bicyclic) bond motifs is 1. The third kappa shape index (κ3) is 2.92. The van der Waals surface area contributed by atoms with Gasteiger partial charge in [0.2, 0.25) is 0 Å². The first kappa shape index (κ1) is 15.8. The van der Waals surface area contributed by atoms with Gasteiger partial charge >= 0.3 is 5.97 Å². The molecule has 1 aliphatic heterocycles. The lowest BCUT2D eigenvalue weighted by molar-refractivity contribution is 0.0696. The SMILES string of the molecule is O=C(O)c1ccc(S(=O)(=O)N2CCCc3cc(Cl)ccc32)cc1. The van der Waals surface area contributed by atoms with Crippen LogP contribution < -0.4 is 4.31 Å². The van der Waals surface area contributed by atoms with Gasteiger partial charge in [-0.3, -0.25) is 4.31 Å². The molecule has 0 atom stereocenters. The second-order valence-electron chi connectivity index (χ2n) is 5.28. The van der Waals surface area contributed by atoms with Crippen molar-refractivity contribution in [3.63, 3.8) is 0 Å². The van der Waals surface area contributed by atoms with Crippen molar-refractivity contribution in [2.24, 2.45) is 0 Å². The van der Waals surface area contributed by atoms with Crippen molar-refractivity contribution in [3.05, 3.63) is 58.6 Å². The number of carbonyl (C=O) groups is 1. The van der Waals surface area contributed by atoms with Crippen LogP contribution in [0.5, 0.6) is 0 Å². The van der Waals surface area contributed by atoms with E-state index in [0.717, 1.165) is 12.0 Å². The number of anilines is 1. The van der Waals surface area contributed by atoms with Crippen LogP contribution >= 0.6 is 11.6 Å². The number of rotatable bonds is 3. The van der Waals surface area contributed by atoms with Gasteiger partial charge in [-0.25, -0.2) is 13.2 Å². The Balaban J connectivity index is 2.02. The molecule has 23 heavy (non-hydrogen) atoms. The summed E-state index contributed by atoms with van der Waals surface area (Å²) in [7, 11) is -3.73. The van der Waals surface area contributed by atoms with Gasteiger partial charge in [0.1, 0.15) is 0 Å². The quantitative estimate of drug-likeness (QED) is 0.921. The second kappa shape index (κ2) is 5.86. The molecule has 0 radical (unpaired) electrons. The summed E-state index contributed by atoms with van der Waals surface area (Å²) in [5, 5.41) is 9.49. The Morgan fingerprint density at radius 3 is 2.48 bits per heavy atom. The lowest BCUT2D eigenvalue weighted by atomic mass is 10.0. The second-order valence-corrected chi connectivity index (χ2v) is 7.58. The normalized spacial score (nSPS) is 14.4. The third-order valence-electron chi connectivity index (χ3n) is 3.81. The number of benzene rings is 2. The maximum Gasteiger partial charge on any atom is 0.335 e. The highest BCUT2D eigenvalue weighted by Gasteiger charge is 2.29. The summed E-state index contributed by atoms with van der Waals surface area (Å²) in [6, 6.07) is 10.4. The number of aryl methyl sites for hydroxylation is 1. The maximum absolute atomic E-state index is 12.9. The molecule has 1 N–H and O–H groups in total. The van der Waals surface area contributed by atoms with Gasteiger partial charge in [0, 0.05) is 11.6 Å². The summed E-state index contributed by atoms with van der Waals surface area (Å²) in [5.74, 6) is -1.09. The molecular formula is C16H14ClNO4S. The summed E-state index contributed by atoms with van der Waals surface area (Å²) in [6.45, 7) is 0.387. The van der Waals surface area contributed by atoms with Gasteiger partial charge in [0.05, 0.1) is 16.1 Å². The van der Waals surface area contributed by atoms with Gasteiger partial charge in [-0.15, -0.1) is 0 Å². The first-order valence-electron chi connectivity index (χ1n) is 7.04. The fourth-order valence-corrected chi connectivity index (χ4v) is 4.41. The molecule has 0 fully saturated rings. The highest BCUT2D eigenvalue weighted by atomic mass is 35.5. The van der Waals surface area contributed by atoms with Gasteiger partial charge in [0.25, 0.3) is 10.0 Å². The number of carboxylic acids is 1. The molecule has 0 spiro atoms. The average molecular weight is 352 g/mol.